The highest BCUT2D eigenvalue weighted by Crippen LogP contribution is 2.25. The van der Waals surface area contributed by atoms with E-state index in [4.69, 9.17) is 0 Å². The van der Waals surface area contributed by atoms with Crippen molar-refractivity contribution < 1.29 is 14.3 Å². The Hall–Kier alpha value is -0.930. The Bertz CT molecular complexity index is 671. The van der Waals surface area contributed by atoms with Crippen molar-refractivity contribution in [3.8, 4) is 0 Å². The van der Waals surface area contributed by atoms with Gasteiger partial charge in [-0.1, -0.05) is 15.9 Å². The second-order valence-electron chi connectivity index (χ2n) is 3.73. The molecule has 0 saturated heterocycles. The number of ether oxygens (including phenoxy) is 1. The Morgan fingerprint density at radius 3 is 2.80 bits per heavy atom. The van der Waals surface area contributed by atoms with Crippen molar-refractivity contribution in [1.82, 2.24) is 0 Å². The number of nitrogens with one attached hydrogen (secondary N) is 1. The van der Waals surface area contributed by atoms with Crippen LogP contribution in [0.1, 0.15) is 20.0 Å². The fourth-order valence-corrected chi connectivity index (χ4v) is 3.23. The molecular weight excluding hydrogens is 457 g/mol. The molecule has 1 N–H and O–H groups in total. The smallest absolute Gasteiger partial charge is 0.350 e. The molecule has 1 heterocycles. The topological polar surface area (TPSA) is 55.4 Å². The Balaban J connectivity index is 2.26. The van der Waals surface area contributed by atoms with Crippen molar-refractivity contribution >= 4 is 67.4 Å². The lowest BCUT2D eigenvalue weighted by molar-refractivity contribution is 0.0607. The number of halogens is 2. The summed E-state index contributed by atoms with van der Waals surface area (Å²) in [6.45, 7) is 0. The molecule has 0 bridgehead atoms. The van der Waals surface area contributed by atoms with Gasteiger partial charge in [-0.3, -0.25) is 4.79 Å². The number of hydrogen-bond donors (Lipinski definition) is 1. The first kappa shape index (κ1) is 15.5. The van der Waals surface area contributed by atoms with Gasteiger partial charge in [0.15, 0.2) is 0 Å². The van der Waals surface area contributed by atoms with E-state index in [1.807, 2.05) is 12.1 Å². The molecule has 4 nitrogen and oxygen atoms in total. The van der Waals surface area contributed by atoms with Gasteiger partial charge < -0.3 is 10.1 Å². The molecule has 20 heavy (non-hydrogen) atoms. The minimum Gasteiger partial charge on any atom is -0.465 e. The van der Waals surface area contributed by atoms with Gasteiger partial charge in [-0.15, -0.1) is 11.3 Å². The maximum Gasteiger partial charge on any atom is 0.350 e. The van der Waals surface area contributed by atoms with Crippen LogP contribution in [0.2, 0.25) is 0 Å². The molecule has 0 aliphatic heterocycles. The van der Waals surface area contributed by atoms with Crippen molar-refractivity contribution in [2.45, 2.75) is 0 Å². The lowest BCUT2D eigenvalue weighted by Crippen LogP contribution is -2.15. The van der Waals surface area contributed by atoms with Crippen LogP contribution < -0.4 is 5.32 Å². The first-order valence-electron chi connectivity index (χ1n) is 5.45. The minimum absolute atomic E-state index is 0.265. The fraction of sp³-hybridized carbons (Fsp3) is 0.0769. The molecule has 0 saturated carbocycles. The number of methoxy groups -OCH3 is 1. The average Bonchev–Trinajstić information content (AvgIpc) is 2.88. The summed E-state index contributed by atoms with van der Waals surface area (Å²) in [5, 5.41) is 4.47. The molecule has 2 rings (SSSR count). The third kappa shape index (κ3) is 3.39. The van der Waals surface area contributed by atoms with E-state index in [1.165, 1.54) is 18.4 Å². The Labute approximate surface area is 141 Å². The largest absolute Gasteiger partial charge is 0.465 e. The summed E-state index contributed by atoms with van der Waals surface area (Å²) >= 11 is 6.65. The number of amides is 1. The minimum atomic E-state index is -0.459. The van der Waals surface area contributed by atoms with E-state index < -0.39 is 5.97 Å². The summed E-state index contributed by atoms with van der Waals surface area (Å²) in [4.78, 5) is 24.2. The molecule has 0 aliphatic carbocycles. The van der Waals surface area contributed by atoms with Crippen molar-refractivity contribution in [3.63, 3.8) is 0 Å². The quantitative estimate of drug-likeness (QED) is 0.547. The lowest BCUT2D eigenvalue weighted by atomic mass is 10.2. The van der Waals surface area contributed by atoms with Crippen LogP contribution in [0.15, 0.2) is 34.1 Å². The molecule has 0 aliphatic rings. The summed E-state index contributed by atoms with van der Waals surface area (Å²) in [7, 11) is 1.31. The maximum atomic E-state index is 12.3. The van der Waals surface area contributed by atoms with E-state index in [-0.39, 0.29) is 5.91 Å². The van der Waals surface area contributed by atoms with Crippen LogP contribution in [-0.4, -0.2) is 19.0 Å². The zero-order valence-corrected chi connectivity index (χ0v) is 14.8. The van der Waals surface area contributed by atoms with Crippen LogP contribution in [0.25, 0.3) is 0 Å². The molecule has 0 unspecified atom stereocenters. The Morgan fingerprint density at radius 1 is 1.35 bits per heavy atom. The maximum absolute atomic E-state index is 12.3. The van der Waals surface area contributed by atoms with Crippen molar-refractivity contribution in [1.29, 1.82) is 0 Å². The van der Waals surface area contributed by atoms with Gasteiger partial charge in [0.1, 0.15) is 4.88 Å². The zero-order chi connectivity index (χ0) is 14.7. The number of thiophene rings is 1. The first-order valence-corrected chi connectivity index (χ1v) is 8.20. The van der Waals surface area contributed by atoms with Crippen LogP contribution in [0.5, 0.6) is 0 Å². The highest BCUT2D eigenvalue weighted by molar-refractivity contribution is 14.1. The number of carbonyl (C=O) groups is 2. The lowest BCUT2D eigenvalue weighted by Gasteiger charge is -2.07. The molecule has 1 amide bonds. The standard InChI is InChI=1S/C13H9BrINO3S/c1-19-13(18)11-10(4-5-20-11)16-12(17)8-6-7(14)2-3-9(8)15/h2-6H,1H3,(H,16,17). The average molecular weight is 466 g/mol. The van der Waals surface area contributed by atoms with E-state index in [0.29, 0.717) is 16.1 Å². The number of hydrogen-bond acceptors (Lipinski definition) is 4. The van der Waals surface area contributed by atoms with Gasteiger partial charge in [0.05, 0.1) is 18.4 Å². The molecule has 1 aromatic heterocycles. The monoisotopic (exact) mass is 465 g/mol. The predicted molar refractivity (Wildman–Crippen MR) is 90.5 cm³/mol. The van der Waals surface area contributed by atoms with Crippen LogP contribution in [0.4, 0.5) is 5.69 Å². The van der Waals surface area contributed by atoms with Gasteiger partial charge in [0, 0.05) is 8.04 Å². The molecule has 0 radical (unpaired) electrons. The Kier molecular flexibility index (Phi) is 5.17. The van der Waals surface area contributed by atoms with Gasteiger partial charge in [0.2, 0.25) is 0 Å². The number of rotatable bonds is 3. The van der Waals surface area contributed by atoms with Gasteiger partial charge in [-0.25, -0.2) is 4.79 Å². The fourth-order valence-electron chi connectivity index (χ4n) is 1.52. The Morgan fingerprint density at radius 2 is 2.10 bits per heavy atom. The van der Waals surface area contributed by atoms with Crippen LogP contribution in [-0.2, 0) is 4.74 Å². The van der Waals surface area contributed by atoms with Crippen molar-refractivity contribution in [2.75, 3.05) is 12.4 Å². The van der Waals surface area contributed by atoms with E-state index >= 15 is 0 Å². The highest BCUT2D eigenvalue weighted by atomic mass is 127. The number of carbonyl (C=O) groups excluding carboxylic acids is 2. The normalized spacial score (nSPS) is 10.2. The third-order valence-corrected chi connectivity index (χ3v) is 4.79. The molecule has 1 aromatic carbocycles. The van der Waals surface area contributed by atoms with Crippen molar-refractivity contribution in [2.24, 2.45) is 0 Å². The summed E-state index contributed by atoms with van der Waals surface area (Å²) in [6.07, 6.45) is 0. The predicted octanol–water partition coefficient (Wildman–Crippen LogP) is 4.15. The van der Waals surface area contributed by atoms with E-state index in [9.17, 15) is 9.59 Å². The number of anilines is 1. The molecule has 7 heteroatoms. The molecule has 2 aromatic rings. The van der Waals surface area contributed by atoms with Crippen LogP contribution in [0.3, 0.4) is 0 Å². The summed E-state index contributed by atoms with van der Waals surface area (Å²) < 4.78 is 6.33. The number of esters is 1. The summed E-state index contributed by atoms with van der Waals surface area (Å²) in [6, 6.07) is 7.12. The SMILES string of the molecule is COC(=O)c1sccc1NC(=O)c1cc(Br)ccc1I. The zero-order valence-electron chi connectivity index (χ0n) is 10.3. The van der Waals surface area contributed by atoms with E-state index in [2.05, 4.69) is 48.6 Å². The molecular formula is C13H9BrINO3S. The van der Waals surface area contributed by atoms with Gasteiger partial charge in [-0.05, 0) is 52.2 Å². The van der Waals surface area contributed by atoms with Gasteiger partial charge in [0.25, 0.3) is 5.91 Å². The summed E-state index contributed by atoms with van der Waals surface area (Å²) in [5.74, 6) is -0.724. The second kappa shape index (κ2) is 6.68. The molecule has 0 fully saturated rings. The van der Waals surface area contributed by atoms with Crippen LogP contribution >= 0.6 is 49.9 Å². The second-order valence-corrected chi connectivity index (χ2v) is 6.73. The molecule has 0 atom stereocenters. The first-order chi connectivity index (χ1) is 9.52. The van der Waals surface area contributed by atoms with E-state index in [0.717, 1.165) is 8.04 Å². The molecule has 104 valence electrons. The third-order valence-electron chi connectivity index (χ3n) is 2.46. The van der Waals surface area contributed by atoms with Crippen LogP contribution in [0, 0.1) is 3.57 Å². The summed E-state index contributed by atoms with van der Waals surface area (Å²) in [5.41, 5.74) is 1.00. The highest BCUT2D eigenvalue weighted by Gasteiger charge is 2.17. The van der Waals surface area contributed by atoms with Gasteiger partial charge in [-0.2, -0.15) is 0 Å². The van der Waals surface area contributed by atoms with Gasteiger partial charge >= 0.3 is 5.97 Å². The van der Waals surface area contributed by atoms with Crippen molar-refractivity contribution in [3.05, 3.63) is 48.1 Å². The number of benzene rings is 1. The molecule has 0 spiro atoms. The van der Waals surface area contributed by atoms with E-state index in [1.54, 1.807) is 17.5 Å².